The van der Waals surface area contributed by atoms with E-state index in [4.69, 9.17) is 0 Å². The molecule has 1 atom stereocenters. The fourth-order valence-corrected chi connectivity index (χ4v) is 2.89. The highest BCUT2D eigenvalue weighted by Crippen LogP contribution is 2.26. The van der Waals surface area contributed by atoms with Gasteiger partial charge in [0.15, 0.2) is 0 Å². The molecule has 1 aromatic rings. The molecule has 0 aromatic heterocycles. The lowest BCUT2D eigenvalue weighted by molar-refractivity contribution is -0.274. The molecule has 26 heavy (non-hydrogen) atoms. The van der Waals surface area contributed by atoms with Crippen LogP contribution in [0.2, 0.25) is 0 Å². The summed E-state index contributed by atoms with van der Waals surface area (Å²) in [5.41, 5.74) is 0.146. The Morgan fingerprint density at radius 2 is 1.73 bits per heavy atom. The third-order valence-electron chi connectivity index (χ3n) is 4.22. The van der Waals surface area contributed by atoms with Crippen LogP contribution in [-0.4, -0.2) is 35.9 Å². The molecular formula is C17H21F3N2O4. The van der Waals surface area contributed by atoms with E-state index in [9.17, 15) is 27.9 Å². The second-order valence-electron chi connectivity index (χ2n) is 6.20. The van der Waals surface area contributed by atoms with E-state index in [2.05, 4.69) is 15.4 Å². The molecule has 1 aliphatic carbocycles. The van der Waals surface area contributed by atoms with Crippen LogP contribution in [0.1, 0.15) is 32.1 Å². The van der Waals surface area contributed by atoms with Gasteiger partial charge in [-0.15, -0.1) is 13.2 Å². The highest BCUT2D eigenvalue weighted by atomic mass is 19.4. The minimum Gasteiger partial charge on any atom is -0.406 e. The smallest absolute Gasteiger partial charge is 0.406 e. The maximum absolute atomic E-state index is 12.1. The number of ether oxygens (including phenoxy) is 1. The number of amides is 2. The Bertz CT molecular complexity index is 613. The first kappa shape index (κ1) is 20.0. The van der Waals surface area contributed by atoms with Crippen molar-refractivity contribution in [3.63, 3.8) is 0 Å². The number of aliphatic hydroxyl groups excluding tert-OH is 1. The molecule has 0 heterocycles. The van der Waals surface area contributed by atoms with Crippen molar-refractivity contribution in [3.05, 3.63) is 24.3 Å². The summed E-state index contributed by atoms with van der Waals surface area (Å²) in [5, 5.41) is 14.7. The summed E-state index contributed by atoms with van der Waals surface area (Å²) in [6.45, 7) is -0.0186. The Morgan fingerprint density at radius 1 is 1.12 bits per heavy atom. The van der Waals surface area contributed by atoms with Gasteiger partial charge in [-0.25, -0.2) is 0 Å². The second-order valence-corrected chi connectivity index (χ2v) is 6.20. The average Bonchev–Trinajstić information content (AvgIpc) is 2.60. The number of benzene rings is 1. The van der Waals surface area contributed by atoms with Gasteiger partial charge in [0.1, 0.15) is 5.75 Å². The van der Waals surface area contributed by atoms with E-state index in [0.717, 1.165) is 44.2 Å². The van der Waals surface area contributed by atoms with Crippen molar-refractivity contribution in [2.45, 2.75) is 44.6 Å². The van der Waals surface area contributed by atoms with Crippen LogP contribution < -0.4 is 15.4 Å². The Kier molecular flexibility index (Phi) is 6.84. The van der Waals surface area contributed by atoms with Crippen molar-refractivity contribution in [2.24, 2.45) is 5.92 Å². The number of nitrogens with one attached hydrogen (secondary N) is 2. The summed E-state index contributed by atoms with van der Waals surface area (Å²) >= 11 is 0. The topological polar surface area (TPSA) is 87.7 Å². The SMILES string of the molecule is O=C(NC[C@@H](O)C1CCCCC1)C(=O)Nc1ccc(OC(F)(F)F)cc1. The maximum atomic E-state index is 12.1. The minimum absolute atomic E-state index is 0.0186. The van der Waals surface area contributed by atoms with E-state index in [-0.39, 0.29) is 18.2 Å². The molecule has 1 aliphatic rings. The fourth-order valence-electron chi connectivity index (χ4n) is 2.89. The third kappa shape index (κ3) is 6.55. The predicted octanol–water partition coefficient (Wildman–Crippen LogP) is 2.58. The molecule has 144 valence electrons. The first-order valence-electron chi connectivity index (χ1n) is 8.37. The molecule has 0 aliphatic heterocycles. The highest BCUT2D eigenvalue weighted by Gasteiger charge is 2.31. The number of halogens is 3. The van der Waals surface area contributed by atoms with Crippen molar-refractivity contribution >= 4 is 17.5 Å². The van der Waals surface area contributed by atoms with Gasteiger partial charge in [-0.2, -0.15) is 0 Å². The van der Waals surface area contributed by atoms with E-state index in [1.807, 2.05) is 0 Å². The largest absolute Gasteiger partial charge is 0.573 e. The molecule has 9 heteroatoms. The third-order valence-corrected chi connectivity index (χ3v) is 4.22. The van der Waals surface area contributed by atoms with E-state index < -0.39 is 30.0 Å². The Hall–Kier alpha value is -2.29. The van der Waals surface area contributed by atoms with E-state index in [1.54, 1.807) is 0 Å². The molecule has 0 spiro atoms. The molecule has 2 amide bonds. The van der Waals surface area contributed by atoms with Gasteiger partial charge in [-0.1, -0.05) is 19.3 Å². The van der Waals surface area contributed by atoms with Gasteiger partial charge in [0.2, 0.25) is 0 Å². The molecule has 1 aromatic carbocycles. The zero-order chi connectivity index (χ0) is 19.2. The van der Waals surface area contributed by atoms with Crippen LogP contribution in [0.3, 0.4) is 0 Å². The van der Waals surface area contributed by atoms with Gasteiger partial charge >= 0.3 is 18.2 Å². The van der Waals surface area contributed by atoms with Gasteiger partial charge in [0.05, 0.1) is 6.10 Å². The normalized spacial score (nSPS) is 16.6. The molecule has 0 radical (unpaired) electrons. The average molecular weight is 374 g/mol. The number of aliphatic hydroxyl groups is 1. The summed E-state index contributed by atoms with van der Waals surface area (Å²) in [4.78, 5) is 23.6. The molecular weight excluding hydrogens is 353 g/mol. The number of rotatable bonds is 5. The maximum Gasteiger partial charge on any atom is 0.573 e. The molecule has 3 N–H and O–H groups in total. The summed E-state index contributed by atoms with van der Waals surface area (Å²) in [7, 11) is 0. The van der Waals surface area contributed by atoms with Crippen LogP contribution in [0.25, 0.3) is 0 Å². The number of anilines is 1. The predicted molar refractivity (Wildman–Crippen MR) is 87.3 cm³/mol. The Labute approximate surface area is 148 Å². The van der Waals surface area contributed by atoms with E-state index in [1.165, 1.54) is 12.1 Å². The zero-order valence-corrected chi connectivity index (χ0v) is 14.0. The van der Waals surface area contributed by atoms with Gasteiger partial charge in [-0.05, 0) is 43.0 Å². The molecule has 2 rings (SSSR count). The van der Waals surface area contributed by atoms with Gasteiger partial charge in [-0.3, -0.25) is 9.59 Å². The highest BCUT2D eigenvalue weighted by molar-refractivity contribution is 6.39. The number of hydrogen-bond acceptors (Lipinski definition) is 4. The fraction of sp³-hybridized carbons (Fsp3) is 0.529. The molecule has 1 saturated carbocycles. The summed E-state index contributed by atoms with van der Waals surface area (Å²) in [6, 6.07) is 4.41. The van der Waals surface area contributed by atoms with Crippen molar-refractivity contribution in [3.8, 4) is 5.75 Å². The number of hydrogen-bond donors (Lipinski definition) is 3. The van der Waals surface area contributed by atoms with Crippen LogP contribution in [0, 0.1) is 5.92 Å². The first-order valence-corrected chi connectivity index (χ1v) is 8.37. The van der Waals surface area contributed by atoms with Crippen LogP contribution in [0.4, 0.5) is 18.9 Å². The monoisotopic (exact) mass is 374 g/mol. The van der Waals surface area contributed by atoms with Crippen LogP contribution in [0.15, 0.2) is 24.3 Å². The Morgan fingerprint density at radius 3 is 2.31 bits per heavy atom. The van der Waals surface area contributed by atoms with Crippen LogP contribution in [-0.2, 0) is 9.59 Å². The van der Waals surface area contributed by atoms with E-state index in [0.29, 0.717) is 0 Å². The van der Waals surface area contributed by atoms with Crippen molar-refractivity contribution in [1.82, 2.24) is 5.32 Å². The summed E-state index contributed by atoms with van der Waals surface area (Å²) < 4.78 is 39.9. The molecule has 6 nitrogen and oxygen atoms in total. The van der Waals surface area contributed by atoms with Crippen molar-refractivity contribution in [2.75, 3.05) is 11.9 Å². The first-order chi connectivity index (χ1) is 12.2. The van der Waals surface area contributed by atoms with Crippen molar-refractivity contribution in [1.29, 1.82) is 0 Å². The number of carbonyl (C=O) groups is 2. The molecule has 0 saturated heterocycles. The number of carbonyl (C=O) groups excluding carboxylic acids is 2. The molecule has 0 bridgehead atoms. The van der Waals surface area contributed by atoms with Crippen LogP contribution in [0.5, 0.6) is 5.75 Å². The zero-order valence-electron chi connectivity index (χ0n) is 14.0. The lowest BCUT2D eigenvalue weighted by Crippen LogP contribution is -2.42. The second kappa shape index (κ2) is 8.88. The number of alkyl halides is 3. The van der Waals surface area contributed by atoms with Gasteiger partial charge in [0.25, 0.3) is 0 Å². The van der Waals surface area contributed by atoms with Gasteiger partial charge in [0, 0.05) is 12.2 Å². The standard InChI is InChI=1S/C17H21F3N2O4/c18-17(19,20)26-13-8-6-12(7-9-13)22-16(25)15(24)21-10-14(23)11-4-2-1-3-5-11/h6-9,11,14,23H,1-5,10H2,(H,21,24)(H,22,25)/t14-/m1/s1. The lowest BCUT2D eigenvalue weighted by atomic mass is 9.85. The Balaban J connectivity index is 1.78. The van der Waals surface area contributed by atoms with E-state index >= 15 is 0 Å². The minimum atomic E-state index is -4.80. The van der Waals surface area contributed by atoms with Gasteiger partial charge < -0.3 is 20.5 Å². The molecule has 1 fully saturated rings. The lowest BCUT2D eigenvalue weighted by Gasteiger charge is -2.26. The quantitative estimate of drug-likeness (QED) is 0.692. The molecule has 0 unspecified atom stereocenters. The summed E-state index contributed by atoms with van der Waals surface area (Å²) in [5.74, 6) is -2.20. The summed E-state index contributed by atoms with van der Waals surface area (Å²) in [6.07, 6.45) is -0.473. The van der Waals surface area contributed by atoms with Crippen molar-refractivity contribution < 1.29 is 32.6 Å². The van der Waals surface area contributed by atoms with Crippen LogP contribution >= 0.6 is 0 Å².